The van der Waals surface area contributed by atoms with Gasteiger partial charge in [0.2, 0.25) is 0 Å². The van der Waals surface area contributed by atoms with Crippen LogP contribution in [0.1, 0.15) is 56.9 Å². The van der Waals surface area contributed by atoms with E-state index in [-0.39, 0.29) is 5.57 Å². The van der Waals surface area contributed by atoms with Crippen molar-refractivity contribution >= 4 is 35.6 Å². The molecule has 6 heteroatoms. The van der Waals surface area contributed by atoms with Crippen LogP contribution in [0.4, 0.5) is 0 Å². The van der Waals surface area contributed by atoms with E-state index in [1.54, 1.807) is 40.7 Å². The first-order valence-electron chi connectivity index (χ1n) is 10.8. The number of nitrogens with one attached hydrogen (secondary N) is 1. The van der Waals surface area contributed by atoms with E-state index >= 15 is 0 Å². The van der Waals surface area contributed by atoms with Crippen molar-refractivity contribution in [1.29, 1.82) is 0 Å². The van der Waals surface area contributed by atoms with E-state index < -0.39 is 41.0 Å². The molecule has 0 unspecified atom stereocenters. The maximum atomic E-state index is 13.2. The van der Waals surface area contributed by atoms with E-state index in [1.807, 2.05) is 54.6 Å². The van der Waals surface area contributed by atoms with E-state index in [4.69, 9.17) is 4.74 Å². The predicted octanol–water partition coefficient (Wildman–Crippen LogP) is 4.44. The third kappa shape index (κ3) is 5.40. The molecule has 0 aliphatic heterocycles. The Kier molecular flexibility index (Phi) is 6.58. The Labute approximate surface area is 194 Å². The zero-order valence-electron chi connectivity index (χ0n) is 19.6. The van der Waals surface area contributed by atoms with E-state index in [0.29, 0.717) is 11.1 Å². The average Bonchev–Trinajstić information content (AvgIpc) is 2.75. The molecule has 6 nitrogen and oxygen atoms in total. The molecule has 0 saturated heterocycles. The van der Waals surface area contributed by atoms with E-state index in [1.165, 1.54) is 0 Å². The van der Waals surface area contributed by atoms with Gasteiger partial charge in [-0.3, -0.25) is 14.4 Å². The fourth-order valence-corrected chi connectivity index (χ4v) is 3.65. The number of amides is 1. The van der Waals surface area contributed by atoms with Gasteiger partial charge >= 0.3 is 5.97 Å². The molecule has 0 atom stereocenters. The highest BCUT2D eigenvalue weighted by atomic mass is 16.6. The fourth-order valence-electron chi connectivity index (χ4n) is 3.65. The highest BCUT2D eigenvalue weighted by molar-refractivity contribution is 6.28. The zero-order valence-corrected chi connectivity index (χ0v) is 19.6. The summed E-state index contributed by atoms with van der Waals surface area (Å²) in [4.78, 5) is 37.9. The highest BCUT2D eigenvalue weighted by Gasteiger charge is 2.43. The molecule has 1 aliphatic carbocycles. The van der Waals surface area contributed by atoms with Gasteiger partial charge in [-0.2, -0.15) is 0 Å². The maximum Gasteiger partial charge on any atom is 0.325 e. The van der Waals surface area contributed by atoms with Crippen LogP contribution in [0.3, 0.4) is 0 Å². The third-order valence-corrected chi connectivity index (χ3v) is 5.31. The van der Waals surface area contributed by atoms with Gasteiger partial charge in [0.05, 0.1) is 5.41 Å². The number of benzene rings is 2. The standard InChI is InChI=1S/C27H29NO5/c1-26(2,3)33-21(29)16-28-25(32)22-23(30)19-14-13-18(12-11-17-9-7-6-8-10-17)15-20(19)27(4,5)24(22)31/h6-15,30H,16H2,1-5H3,(H,28,32). The zero-order chi connectivity index (χ0) is 24.4. The lowest BCUT2D eigenvalue weighted by Gasteiger charge is -2.32. The molecule has 0 radical (unpaired) electrons. The molecule has 3 rings (SSSR count). The summed E-state index contributed by atoms with van der Waals surface area (Å²) < 4.78 is 5.17. The third-order valence-electron chi connectivity index (χ3n) is 5.31. The van der Waals surface area contributed by atoms with Crippen molar-refractivity contribution in [2.75, 3.05) is 6.54 Å². The number of fused-ring (bicyclic) bond motifs is 1. The second-order valence-electron chi connectivity index (χ2n) is 9.50. The minimum Gasteiger partial charge on any atom is -0.506 e. The first-order chi connectivity index (χ1) is 15.4. The van der Waals surface area contributed by atoms with Crippen LogP contribution >= 0.6 is 0 Å². The molecular weight excluding hydrogens is 418 g/mol. The van der Waals surface area contributed by atoms with E-state index in [2.05, 4.69) is 5.32 Å². The molecule has 1 amide bonds. The molecule has 2 N–H and O–H groups in total. The lowest BCUT2D eigenvalue weighted by molar-refractivity contribution is -0.154. The van der Waals surface area contributed by atoms with Gasteiger partial charge in [-0.1, -0.05) is 60.7 Å². The van der Waals surface area contributed by atoms with Crippen molar-refractivity contribution in [3.05, 3.63) is 76.4 Å². The summed E-state index contributed by atoms with van der Waals surface area (Å²) in [6, 6.07) is 15.2. The number of aliphatic hydroxyl groups is 1. The highest BCUT2D eigenvalue weighted by Crippen LogP contribution is 2.40. The van der Waals surface area contributed by atoms with Crippen molar-refractivity contribution in [2.45, 2.75) is 45.6 Å². The minimum absolute atomic E-state index is 0.358. The molecule has 0 bridgehead atoms. The number of Topliss-reactive ketones (excluding diaryl/α,β-unsaturated/α-hetero) is 1. The summed E-state index contributed by atoms with van der Waals surface area (Å²) in [5, 5.41) is 13.2. The lowest BCUT2D eigenvalue weighted by Crippen LogP contribution is -2.43. The van der Waals surface area contributed by atoms with Crippen molar-refractivity contribution in [2.24, 2.45) is 0 Å². The van der Waals surface area contributed by atoms with E-state index in [0.717, 1.165) is 11.1 Å². The van der Waals surface area contributed by atoms with Crippen LogP contribution in [0.5, 0.6) is 0 Å². The van der Waals surface area contributed by atoms with Crippen molar-refractivity contribution in [1.82, 2.24) is 5.32 Å². The smallest absolute Gasteiger partial charge is 0.325 e. The van der Waals surface area contributed by atoms with Crippen molar-refractivity contribution in [3.8, 4) is 0 Å². The van der Waals surface area contributed by atoms with Crippen LogP contribution in [0.2, 0.25) is 0 Å². The van der Waals surface area contributed by atoms with Crippen LogP contribution in [0.15, 0.2) is 54.1 Å². The summed E-state index contributed by atoms with van der Waals surface area (Å²) >= 11 is 0. The lowest BCUT2D eigenvalue weighted by atomic mass is 9.70. The van der Waals surface area contributed by atoms with Crippen LogP contribution < -0.4 is 5.32 Å². The number of hydrogen-bond acceptors (Lipinski definition) is 5. The molecule has 1 aliphatic rings. The number of carbonyl (C=O) groups excluding carboxylic acids is 3. The van der Waals surface area contributed by atoms with Gasteiger partial charge < -0.3 is 15.2 Å². The van der Waals surface area contributed by atoms with E-state index in [9.17, 15) is 19.5 Å². The second kappa shape index (κ2) is 9.06. The average molecular weight is 448 g/mol. The largest absolute Gasteiger partial charge is 0.506 e. The van der Waals surface area contributed by atoms with Crippen LogP contribution in [-0.2, 0) is 24.5 Å². The Hall–Kier alpha value is -3.67. The molecule has 33 heavy (non-hydrogen) atoms. The minimum atomic E-state index is -1.04. The van der Waals surface area contributed by atoms with Crippen LogP contribution in [-0.4, -0.2) is 34.9 Å². The first kappa shape index (κ1) is 24.0. The van der Waals surface area contributed by atoms with Crippen molar-refractivity contribution < 1.29 is 24.2 Å². The van der Waals surface area contributed by atoms with Crippen molar-refractivity contribution in [3.63, 3.8) is 0 Å². The quantitative estimate of drug-likeness (QED) is 0.401. The summed E-state index contributed by atoms with van der Waals surface area (Å²) in [6.45, 7) is 8.17. The number of carbonyl (C=O) groups is 3. The number of hydrogen-bond donors (Lipinski definition) is 2. The molecule has 0 saturated carbocycles. The van der Waals surface area contributed by atoms with Gasteiger partial charge in [-0.05, 0) is 51.3 Å². The summed E-state index contributed by atoms with van der Waals surface area (Å²) in [6.07, 6.45) is 3.89. The molecule has 2 aromatic carbocycles. The van der Waals surface area contributed by atoms with Crippen LogP contribution in [0, 0.1) is 0 Å². The second-order valence-corrected chi connectivity index (χ2v) is 9.50. The number of ether oxygens (including phenoxy) is 1. The molecule has 0 spiro atoms. The predicted molar refractivity (Wildman–Crippen MR) is 128 cm³/mol. The number of aliphatic hydroxyl groups excluding tert-OH is 1. The molecular formula is C27H29NO5. The number of ketones is 1. The SMILES string of the molecule is CC(C)(C)OC(=O)CNC(=O)C1=C(O)c2ccc(C=Cc3ccccc3)cc2C(C)(C)C1=O. The Bertz CT molecular complexity index is 1150. The molecule has 0 aromatic heterocycles. The molecule has 0 fully saturated rings. The van der Waals surface area contributed by atoms with Gasteiger partial charge in [0.25, 0.3) is 5.91 Å². The Morgan fingerprint density at radius 1 is 1.03 bits per heavy atom. The normalized spacial score (nSPS) is 15.4. The topological polar surface area (TPSA) is 92.7 Å². The first-order valence-corrected chi connectivity index (χ1v) is 10.8. The number of rotatable bonds is 5. The monoisotopic (exact) mass is 447 g/mol. The fraction of sp³-hybridized carbons (Fsp3) is 0.296. The molecule has 2 aromatic rings. The van der Waals surface area contributed by atoms with Gasteiger partial charge in [0.1, 0.15) is 23.5 Å². The van der Waals surface area contributed by atoms with Gasteiger partial charge in [0.15, 0.2) is 5.78 Å². The summed E-state index contributed by atoms with van der Waals surface area (Å²) in [5.41, 5.74) is 0.849. The van der Waals surface area contributed by atoms with Gasteiger partial charge in [-0.15, -0.1) is 0 Å². The maximum absolute atomic E-state index is 13.2. The number of esters is 1. The Morgan fingerprint density at radius 2 is 1.67 bits per heavy atom. The Morgan fingerprint density at radius 3 is 2.30 bits per heavy atom. The molecule has 172 valence electrons. The summed E-state index contributed by atoms with van der Waals surface area (Å²) in [5.74, 6) is -2.35. The molecule has 0 heterocycles. The van der Waals surface area contributed by atoms with Gasteiger partial charge in [0, 0.05) is 5.56 Å². The summed E-state index contributed by atoms with van der Waals surface area (Å²) in [7, 11) is 0. The van der Waals surface area contributed by atoms with Crippen LogP contribution in [0.25, 0.3) is 17.9 Å². The van der Waals surface area contributed by atoms with Gasteiger partial charge in [-0.25, -0.2) is 0 Å². The Balaban J connectivity index is 1.89.